The van der Waals surface area contributed by atoms with Crippen molar-refractivity contribution in [2.75, 3.05) is 0 Å². The Hall–Kier alpha value is -2.88. The molecule has 0 aliphatic carbocycles. The molecule has 3 rings (SSSR count). The predicted octanol–water partition coefficient (Wildman–Crippen LogP) is 3.11. The van der Waals surface area contributed by atoms with Crippen LogP contribution in [0.3, 0.4) is 0 Å². The number of hydrogen-bond acceptors (Lipinski definition) is 2. The summed E-state index contributed by atoms with van der Waals surface area (Å²) < 4.78 is 1.83. The van der Waals surface area contributed by atoms with Crippen LogP contribution < -0.4 is 5.32 Å². The van der Waals surface area contributed by atoms with Gasteiger partial charge in [0.05, 0.1) is 11.4 Å². The number of rotatable bonds is 4. The molecule has 110 valence electrons. The number of nitrogens with zero attached hydrogens (tertiary/aromatic N) is 2. The first-order valence-electron chi connectivity index (χ1n) is 7.18. The maximum absolute atomic E-state index is 12.1. The van der Waals surface area contributed by atoms with Gasteiger partial charge < -0.3 is 5.32 Å². The number of aromatic nitrogens is 2. The molecular formula is C18H17N3O. The van der Waals surface area contributed by atoms with E-state index < -0.39 is 0 Å². The van der Waals surface area contributed by atoms with Crippen LogP contribution in [0.2, 0.25) is 0 Å². The summed E-state index contributed by atoms with van der Waals surface area (Å²) in [7, 11) is 0. The molecular weight excluding hydrogens is 274 g/mol. The Labute approximate surface area is 129 Å². The molecule has 0 radical (unpaired) electrons. The molecule has 22 heavy (non-hydrogen) atoms. The summed E-state index contributed by atoms with van der Waals surface area (Å²) in [6.07, 6.45) is 1.95. The van der Waals surface area contributed by atoms with E-state index in [1.807, 2.05) is 66.3 Å². The third-order valence-corrected chi connectivity index (χ3v) is 3.50. The number of carbonyl (C=O) groups is 1. The summed E-state index contributed by atoms with van der Waals surface area (Å²) in [4.78, 5) is 12.1. The van der Waals surface area contributed by atoms with Gasteiger partial charge in [0.15, 0.2) is 0 Å². The van der Waals surface area contributed by atoms with Crippen molar-refractivity contribution in [3.63, 3.8) is 0 Å². The Morgan fingerprint density at radius 3 is 2.36 bits per heavy atom. The second kappa shape index (κ2) is 6.26. The maximum Gasteiger partial charge on any atom is 0.251 e. The van der Waals surface area contributed by atoms with Crippen molar-refractivity contribution < 1.29 is 4.79 Å². The van der Waals surface area contributed by atoms with Gasteiger partial charge in [0, 0.05) is 23.9 Å². The molecule has 3 aromatic rings. The highest BCUT2D eigenvalue weighted by molar-refractivity contribution is 5.94. The first kappa shape index (κ1) is 14.1. The predicted molar refractivity (Wildman–Crippen MR) is 85.9 cm³/mol. The highest BCUT2D eigenvalue weighted by Gasteiger charge is 2.09. The number of benzene rings is 2. The quantitative estimate of drug-likeness (QED) is 0.803. The van der Waals surface area contributed by atoms with Crippen LogP contribution in [0.15, 0.2) is 66.9 Å². The first-order valence-corrected chi connectivity index (χ1v) is 7.18. The Balaban J connectivity index is 1.71. The summed E-state index contributed by atoms with van der Waals surface area (Å²) in [5, 5.41) is 7.43. The average Bonchev–Trinajstić information content (AvgIpc) is 2.95. The molecule has 0 atom stereocenters. The van der Waals surface area contributed by atoms with E-state index in [2.05, 4.69) is 10.4 Å². The van der Waals surface area contributed by atoms with Crippen molar-refractivity contribution in [1.82, 2.24) is 15.1 Å². The molecule has 2 aromatic carbocycles. The summed E-state index contributed by atoms with van der Waals surface area (Å²) in [6, 6.07) is 19.1. The van der Waals surface area contributed by atoms with E-state index in [4.69, 9.17) is 0 Å². The number of para-hydroxylation sites is 1. The number of nitrogens with one attached hydrogen (secondary N) is 1. The van der Waals surface area contributed by atoms with Gasteiger partial charge in [-0.1, -0.05) is 36.4 Å². The zero-order valence-electron chi connectivity index (χ0n) is 12.4. The van der Waals surface area contributed by atoms with Crippen LogP contribution in [0.25, 0.3) is 5.69 Å². The molecule has 0 saturated carbocycles. The van der Waals surface area contributed by atoms with Crippen LogP contribution >= 0.6 is 0 Å². The fourth-order valence-corrected chi connectivity index (χ4v) is 2.25. The summed E-state index contributed by atoms with van der Waals surface area (Å²) in [5.41, 5.74) is 3.59. The van der Waals surface area contributed by atoms with Crippen molar-refractivity contribution in [1.29, 1.82) is 0 Å². The average molecular weight is 291 g/mol. The van der Waals surface area contributed by atoms with E-state index in [0.29, 0.717) is 12.1 Å². The lowest BCUT2D eigenvalue weighted by molar-refractivity contribution is 0.0951. The Bertz CT molecular complexity index is 764. The number of amides is 1. The molecule has 1 aromatic heterocycles. The second-order valence-corrected chi connectivity index (χ2v) is 5.07. The first-order chi connectivity index (χ1) is 10.7. The van der Waals surface area contributed by atoms with Crippen molar-refractivity contribution in [2.24, 2.45) is 0 Å². The molecule has 0 bridgehead atoms. The molecule has 1 N–H and O–H groups in total. The minimum absolute atomic E-state index is 0.0764. The third kappa shape index (κ3) is 3.06. The fourth-order valence-electron chi connectivity index (χ4n) is 2.25. The molecule has 0 aliphatic rings. The van der Waals surface area contributed by atoms with E-state index in [9.17, 15) is 4.79 Å². The normalized spacial score (nSPS) is 10.4. The van der Waals surface area contributed by atoms with Crippen molar-refractivity contribution >= 4 is 5.91 Å². The van der Waals surface area contributed by atoms with Crippen LogP contribution in [0.1, 0.15) is 21.6 Å². The third-order valence-electron chi connectivity index (χ3n) is 3.50. The lowest BCUT2D eigenvalue weighted by Crippen LogP contribution is -2.22. The molecule has 4 nitrogen and oxygen atoms in total. The van der Waals surface area contributed by atoms with Crippen molar-refractivity contribution in [3.8, 4) is 5.69 Å². The fraction of sp³-hybridized carbons (Fsp3) is 0.111. The van der Waals surface area contributed by atoms with Crippen LogP contribution in [-0.2, 0) is 6.54 Å². The van der Waals surface area contributed by atoms with Gasteiger partial charge in [-0.3, -0.25) is 4.79 Å². The van der Waals surface area contributed by atoms with Gasteiger partial charge in [-0.15, -0.1) is 0 Å². The van der Waals surface area contributed by atoms with Crippen LogP contribution in [0, 0.1) is 6.92 Å². The molecule has 0 saturated heterocycles. The molecule has 0 fully saturated rings. The molecule has 0 aliphatic heterocycles. The number of hydrogen-bond donors (Lipinski definition) is 1. The van der Waals surface area contributed by atoms with Gasteiger partial charge in [-0.25, -0.2) is 4.68 Å². The van der Waals surface area contributed by atoms with Gasteiger partial charge in [0.25, 0.3) is 5.91 Å². The molecule has 1 heterocycles. The van der Waals surface area contributed by atoms with Gasteiger partial charge in [-0.2, -0.15) is 5.10 Å². The maximum atomic E-state index is 12.1. The molecule has 1 amide bonds. The van der Waals surface area contributed by atoms with Gasteiger partial charge in [-0.05, 0) is 31.2 Å². The Morgan fingerprint density at radius 1 is 1.05 bits per heavy atom. The van der Waals surface area contributed by atoms with Gasteiger partial charge >= 0.3 is 0 Å². The van der Waals surface area contributed by atoms with Gasteiger partial charge in [0.1, 0.15) is 0 Å². The summed E-state index contributed by atoms with van der Waals surface area (Å²) in [6.45, 7) is 2.41. The van der Waals surface area contributed by atoms with Gasteiger partial charge in [0.2, 0.25) is 0 Å². The smallest absolute Gasteiger partial charge is 0.251 e. The largest absolute Gasteiger partial charge is 0.348 e. The SMILES string of the molecule is Cc1nn(-c2ccccc2)cc1CNC(=O)c1ccccc1. The van der Waals surface area contributed by atoms with Crippen molar-refractivity contribution in [3.05, 3.63) is 83.7 Å². The lowest BCUT2D eigenvalue weighted by atomic mass is 10.2. The Kier molecular flexibility index (Phi) is 4.01. The topological polar surface area (TPSA) is 46.9 Å². The zero-order valence-corrected chi connectivity index (χ0v) is 12.4. The van der Waals surface area contributed by atoms with E-state index in [1.165, 1.54) is 0 Å². The highest BCUT2D eigenvalue weighted by Crippen LogP contribution is 2.11. The standard InChI is InChI=1S/C18H17N3O/c1-14-16(12-19-18(22)15-8-4-2-5-9-15)13-21(20-14)17-10-6-3-7-11-17/h2-11,13H,12H2,1H3,(H,19,22). The second-order valence-electron chi connectivity index (χ2n) is 5.07. The van der Waals surface area contributed by atoms with E-state index >= 15 is 0 Å². The van der Waals surface area contributed by atoms with E-state index in [0.717, 1.165) is 16.9 Å². The van der Waals surface area contributed by atoms with Crippen LogP contribution in [-0.4, -0.2) is 15.7 Å². The van der Waals surface area contributed by atoms with E-state index in [-0.39, 0.29) is 5.91 Å². The minimum Gasteiger partial charge on any atom is -0.348 e. The monoisotopic (exact) mass is 291 g/mol. The lowest BCUT2D eigenvalue weighted by Gasteiger charge is -2.04. The number of carbonyl (C=O) groups excluding carboxylic acids is 1. The number of aryl methyl sites for hydroxylation is 1. The minimum atomic E-state index is -0.0764. The summed E-state index contributed by atoms with van der Waals surface area (Å²) in [5.74, 6) is -0.0764. The molecule has 0 spiro atoms. The van der Waals surface area contributed by atoms with E-state index in [1.54, 1.807) is 12.1 Å². The Morgan fingerprint density at radius 2 is 1.68 bits per heavy atom. The van der Waals surface area contributed by atoms with Crippen molar-refractivity contribution in [2.45, 2.75) is 13.5 Å². The zero-order chi connectivity index (χ0) is 15.4. The highest BCUT2D eigenvalue weighted by atomic mass is 16.1. The molecule has 0 unspecified atom stereocenters. The molecule has 4 heteroatoms. The van der Waals surface area contributed by atoms with Crippen LogP contribution in [0.5, 0.6) is 0 Å². The summed E-state index contributed by atoms with van der Waals surface area (Å²) >= 11 is 0. The van der Waals surface area contributed by atoms with Crippen LogP contribution in [0.4, 0.5) is 0 Å².